The van der Waals surface area contributed by atoms with Crippen molar-refractivity contribution in [2.45, 2.75) is 71.5 Å². The van der Waals surface area contributed by atoms with E-state index in [1.54, 1.807) is 24.4 Å². The Labute approximate surface area is 337 Å². The number of aliphatic carboxylic acids is 1. The van der Waals surface area contributed by atoms with Gasteiger partial charge in [0.15, 0.2) is 0 Å². The first kappa shape index (κ1) is 40.9. The highest BCUT2D eigenvalue weighted by Gasteiger charge is 2.32. The van der Waals surface area contributed by atoms with Crippen molar-refractivity contribution in [2.75, 3.05) is 13.2 Å². The van der Waals surface area contributed by atoms with E-state index in [4.69, 9.17) is 21.1 Å². The monoisotopic (exact) mass is 787 g/mol. The Hall–Kier alpha value is -5.77. The third-order valence-electron chi connectivity index (χ3n) is 10.4. The van der Waals surface area contributed by atoms with Gasteiger partial charge in [-0.1, -0.05) is 72.3 Å². The Bertz CT molecular complexity index is 2290. The van der Waals surface area contributed by atoms with Crippen LogP contribution >= 0.6 is 11.6 Å². The molecule has 5 aromatic rings. The molecule has 1 aliphatic heterocycles. The molecule has 294 valence electrons. The third kappa shape index (κ3) is 9.79. The fraction of sp³-hybridized carbons (Fsp3) is 0.289. The summed E-state index contributed by atoms with van der Waals surface area (Å²) in [7, 11) is 0. The summed E-state index contributed by atoms with van der Waals surface area (Å²) in [6, 6.07) is 27.8. The second-order valence-electron chi connectivity index (χ2n) is 14.4. The highest BCUT2D eigenvalue weighted by molar-refractivity contribution is 6.32. The molecular formula is C45H46ClN5O6. The van der Waals surface area contributed by atoms with Gasteiger partial charge < -0.3 is 30.3 Å². The molecule has 2 heterocycles. The zero-order valence-electron chi connectivity index (χ0n) is 32.2. The first-order valence-electron chi connectivity index (χ1n) is 18.8. The molecule has 0 saturated carbocycles. The average molecular weight is 788 g/mol. The lowest BCUT2D eigenvalue weighted by molar-refractivity contribution is -0.146. The number of carboxylic acid groups (broad SMARTS) is 1. The maximum atomic E-state index is 12.2. The Kier molecular flexibility index (Phi) is 13.2. The summed E-state index contributed by atoms with van der Waals surface area (Å²) in [5.41, 5.74) is 8.72. The van der Waals surface area contributed by atoms with Crippen LogP contribution in [0.25, 0.3) is 22.3 Å². The highest BCUT2D eigenvalue weighted by Crippen LogP contribution is 2.37. The van der Waals surface area contributed by atoms with Gasteiger partial charge in [0.1, 0.15) is 36.3 Å². The lowest BCUT2D eigenvalue weighted by Crippen LogP contribution is -2.52. The van der Waals surface area contributed by atoms with Crippen LogP contribution in [0, 0.1) is 25.2 Å². The van der Waals surface area contributed by atoms with Crippen molar-refractivity contribution in [1.82, 2.24) is 20.9 Å². The molecule has 0 aliphatic carbocycles. The molecule has 0 radical (unpaired) electrons. The van der Waals surface area contributed by atoms with Crippen molar-refractivity contribution in [3.63, 3.8) is 0 Å². The Morgan fingerprint density at radius 2 is 1.65 bits per heavy atom. The largest absolute Gasteiger partial charge is 0.488 e. The smallest absolute Gasteiger partial charge is 0.326 e. The van der Waals surface area contributed by atoms with Crippen LogP contribution in [0.4, 0.5) is 0 Å². The van der Waals surface area contributed by atoms with Crippen LogP contribution in [0.1, 0.15) is 58.7 Å². The molecule has 1 amide bonds. The topological polar surface area (TPSA) is 166 Å². The van der Waals surface area contributed by atoms with Gasteiger partial charge in [-0.3, -0.25) is 19.9 Å². The number of nitriles is 1. The minimum absolute atomic E-state index is 0.0244. The molecule has 11 nitrogen and oxygen atoms in total. The lowest BCUT2D eigenvalue weighted by atomic mass is 9.89. The number of nitrogens with zero attached hydrogens (tertiary/aromatic N) is 2. The molecule has 6 rings (SSSR count). The highest BCUT2D eigenvalue weighted by atomic mass is 35.5. The molecule has 1 aromatic heterocycles. The Morgan fingerprint density at radius 3 is 2.37 bits per heavy atom. The number of hydrogen-bond acceptors (Lipinski definition) is 9. The van der Waals surface area contributed by atoms with Crippen LogP contribution in [0.5, 0.6) is 11.5 Å². The van der Waals surface area contributed by atoms with Crippen LogP contribution in [0.15, 0.2) is 91.3 Å². The number of halogens is 1. The molecular weight excluding hydrogens is 742 g/mol. The quantitative estimate of drug-likeness (QED) is 0.0703. The number of nitrogens with one attached hydrogen (secondary N) is 3. The van der Waals surface area contributed by atoms with Crippen molar-refractivity contribution in [1.29, 1.82) is 5.26 Å². The number of hydrogen-bond donors (Lipinski definition) is 5. The fourth-order valence-corrected chi connectivity index (χ4v) is 7.02. The number of aromatic nitrogens is 1. The number of benzene rings is 4. The maximum absolute atomic E-state index is 12.2. The molecule has 4 aromatic carbocycles. The number of aliphatic hydroxyl groups is 1. The van der Waals surface area contributed by atoms with E-state index >= 15 is 0 Å². The lowest BCUT2D eigenvalue weighted by Gasteiger charge is -2.25. The number of pyridine rings is 1. The maximum Gasteiger partial charge on any atom is 0.326 e. The van der Waals surface area contributed by atoms with Gasteiger partial charge in [-0.2, -0.15) is 5.26 Å². The van der Waals surface area contributed by atoms with Gasteiger partial charge >= 0.3 is 5.97 Å². The average Bonchev–Trinajstić information content (AvgIpc) is 3.22. The zero-order valence-corrected chi connectivity index (χ0v) is 33.0. The molecule has 12 heteroatoms. The first-order valence-corrected chi connectivity index (χ1v) is 19.2. The van der Waals surface area contributed by atoms with E-state index in [2.05, 4.69) is 89.4 Å². The van der Waals surface area contributed by atoms with Crippen LogP contribution < -0.4 is 25.4 Å². The number of carboxylic acids is 1. The number of amides is 1. The van der Waals surface area contributed by atoms with Gasteiger partial charge in [-0.05, 0) is 90.3 Å². The molecule has 1 fully saturated rings. The number of carbonyl (C=O) groups is 2. The van der Waals surface area contributed by atoms with E-state index < -0.39 is 18.1 Å². The normalized spacial score (nSPS) is 14.9. The molecule has 1 saturated heterocycles. The predicted octanol–water partition coefficient (Wildman–Crippen LogP) is 7.01. The Morgan fingerprint density at radius 1 is 0.930 bits per heavy atom. The van der Waals surface area contributed by atoms with Gasteiger partial charge in [0, 0.05) is 49.2 Å². The number of ether oxygens (including phenoxy) is 2. The third-order valence-corrected chi connectivity index (χ3v) is 10.7. The van der Waals surface area contributed by atoms with E-state index in [1.165, 1.54) is 13.1 Å². The molecule has 2 atom stereocenters. The number of piperidine rings is 1. The van der Waals surface area contributed by atoms with Gasteiger partial charge in [-0.25, -0.2) is 0 Å². The summed E-state index contributed by atoms with van der Waals surface area (Å²) in [6.45, 7) is 6.65. The molecule has 0 unspecified atom stereocenters. The van der Waals surface area contributed by atoms with Crippen molar-refractivity contribution in [3.05, 3.63) is 135 Å². The number of aliphatic hydroxyl groups excluding tert-OH is 1. The van der Waals surface area contributed by atoms with Gasteiger partial charge in [0.25, 0.3) is 0 Å². The second kappa shape index (κ2) is 18.4. The molecule has 1 aliphatic rings. The summed E-state index contributed by atoms with van der Waals surface area (Å²) in [6.07, 6.45) is 4.89. The molecule has 5 N–H and O–H groups in total. The predicted molar refractivity (Wildman–Crippen MR) is 219 cm³/mol. The van der Waals surface area contributed by atoms with E-state index in [-0.39, 0.29) is 31.7 Å². The SMILES string of the molecule is Cc1c(COc2cc(OCc3cncc(C#N)c3)c(CN[C@@](C)(CO)C(=O)O)cc2Cl)cccc1-c1cccc(-c2ccc(CN[C@H]3CCCNC3=O)cc2)c1C. The second-order valence-corrected chi connectivity index (χ2v) is 14.8. The summed E-state index contributed by atoms with van der Waals surface area (Å²) in [5, 5.41) is 38.3. The van der Waals surface area contributed by atoms with Crippen molar-refractivity contribution in [3.8, 4) is 39.8 Å². The van der Waals surface area contributed by atoms with Gasteiger partial charge in [0.05, 0.1) is 23.2 Å². The number of rotatable bonds is 16. The van der Waals surface area contributed by atoms with Crippen LogP contribution in [0.3, 0.4) is 0 Å². The van der Waals surface area contributed by atoms with E-state index in [9.17, 15) is 25.1 Å². The summed E-state index contributed by atoms with van der Waals surface area (Å²) in [4.78, 5) is 28.1. The van der Waals surface area contributed by atoms with Crippen molar-refractivity contribution >= 4 is 23.5 Å². The van der Waals surface area contributed by atoms with Gasteiger partial charge in [0.2, 0.25) is 5.91 Å². The minimum atomic E-state index is -1.59. The van der Waals surface area contributed by atoms with Crippen LogP contribution in [-0.2, 0) is 35.9 Å². The van der Waals surface area contributed by atoms with Crippen molar-refractivity contribution in [2.24, 2.45) is 0 Å². The summed E-state index contributed by atoms with van der Waals surface area (Å²) < 4.78 is 12.5. The molecule has 57 heavy (non-hydrogen) atoms. The minimum Gasteiger partial charge on any atom is -0.488 e. The first-order chi connectivity index (χ1) is 27.5. The van der Waals surface area contributed by atoms with E-state index in [0.717, 1.165) is 63.9 Å². The molecule has 0 spiro atoms. The van der Waals surface area contributed by atoms with Gasteiger partial charge in [-0.15, -0.1) is 0 Å². The van der Waals surface area contributed by atoms with Crippen LogP contribution in [-0.4, -0.2) is 51.8 Å². The fourth-order valence-electron chi connectivity index (χ4n) is 6.77. The van der Waals surface area contributed by atoms with Crippen LogP contribution in [0.2, 0.25) is 5.02 Å². The van der Waals surface area contributed by atoms with Crippen molar-refractivity contribution < 1.29 is 29.3 Å². The molecule has 0 bridgehead atoms. The summed E-state index contributed by atoms with van der Waals surface area (Å²) >= 11 is 6.76. The van der Waals surface area contributed by atoms with E-state index in [1.807, 2.05) is 12.1 Å². The zero-order chi connectivity index (χ0) is 40.5. The Balaban J connectivity index is 1.20. The number of carbonyl (C=O) groups excluding carboxylic acids is 1. The van der Waals surface area contributed by atoms with E-state index in [0.29, 0.717) is 39.8 Å². The summed E-state index contributed by atoms with van der Waals surface area (Å²) in [5.74, 6) is -0.387. The standard InChI is InChI=1S/C45H46ClN5O6/c1-28-34(7-4-9-37(28)38-10-5-8-36(29(38)2)33-14-12-30(13-15-33)23-50-40-11-6-16-49-43(40)53)26-57-42-19-41(56-25-32-17-31(20-47)21-48-22-32)35(18-39(42)46)24-51-45(3,27-52)44(54)55/h4-5,7-10,12-15,17-19,21-22,40,50-52H,6,11,16,23-27H2,1-3H3,(H,49,53)(H,54,55)/t40-,45-/m0/s1.